The predicted octanol–water partition coefficient (Wildman–Crippen LogP) is 5.57. The maximum absolute atomic E-state index is 13.9. The molecule has 188 valence electrons. The molecule has 0 aliphatic carbocycles. The van der Waals surface area contributed by atoms with Crippen molar-refractivity contribution in [3.05, 3.63) is 95.0 Å². The Morgan fingerprint density at radius 2 is 1.84 bits per heavy atom. The van der Waals surface area contributed by atoms with Crippen molar-refractivity contribution >= 4 is 28.8 Å². The van der Waals surface area contributed by atoms with E-state index in [0.717, 1.165) is 17.8 Å². The van der Waals surface area contributed by atoms with E-state index in [1.807, 2.05) is 18.2 Å². The zero-order chi connectivity index (χ0) is 26.2. The fourth-order valence-electron chi connectivity index (χ4n) is 3.75. The first-order chi connectivity index (χ1) is 17.7. The van der Waals surface area contributed by atoms with E-state index in [0.29, 0.717) is 33.1 Å². The van der Waals surface area contributed by atoms with Crippen LogP contribution in [0.3, 0.4) is 0 Å². The summed E-state index contributed by atoms with van der Waals surface area (Å²) < 4.78 is 48.9. The summed E-state index contributed by atoms with van der Waals surface area (Å²) in [5.74, 6) is -0.139. The van der Waals surface area contributed by atoms with Gasteiger partial charge in [0.05, 0.1) is 37.4 Å². The smallest absolute Gasteiger partial charge is 0.433 e. The first-order valence-corrected chi connectivity index (χ1v) is 11.3. The van der Waals surface area contributed by atoms with Crippen molar-refractivity contribution in [3.8, 4) is 17.0 Å². The number of amides is 1. The van der Waals surface area contributed by atoms with Crippen molar-refractivity contribution in [1.29, 1.82) is 0 Å². The summed E-state index contributed by atoms with van der Waals surface area (Å²) in [4.78, 5) is 17.4. The second kappa shape index (κ2) is 9.58. The first-order valence-electron chi connectivity index (χ1n) is 10.9. The Morgan fingerprint density at radius 3 is 2.54 bits per heavy atom. The monoisotopic (exact) mass is 526 g/mol. The zero-order valence-corrected chi connectivity index (χ0v) is 20.0. The van der Waals surface area contributed by atoms with Crippen LogP contribution in [0, 0.1) is 0 Å². The van der Waals surface area contributed by atoms with E-state index >= 15 is 0 Å². The molecule has 0 spiro atoms. The maximum atomic E-state index is 13.9. The lowest BCUT2D eigenvalue weighted by atomic mass is 10.1. The summed E-state index contributed by atoms with van der Waals surface area (Å²) in [6.07, 6.45) is -0.664. The Hall–Kier alpha value is -4.38. The molecule has 0 bridgehead atoms. The highest BCUT2D eigenvalue weighted by atomic mass is 35.5. The number of alkyl halides is 3. The van der Waals surface area contributed by atoms with Gasteiger partial charge < -0.3 is 10.1 Å². The molecule has 37 heavy (non-hydrogen) atoms. The van der Waals surface area contributed by atoms with Crippen LogP contribution in [0.2, 0.25) is 5.02 Å². The zero-order valence-electron chi connectivity index (χ0n) is 19.2. The van der Waals surface area contributed by atoms with Gasteiger partial charge in [-0.15, -0.1) is 0 Å². The number of nitrogens with one attached hydrogen (secondary N) is 1. The molecule has 0 atom stereocenters. The quantitative estimate of drug-likeness (QED) is 0.312. The standard InChI is InChI=1S/C25H18ClF3N6O2/c1-37-18-8-6-15(7-9-18)21-10-22(25(27,28)29)35-23(33-21)19(12-31-35)24(36)32-17-11-30-34(14-17)13-16-4-2-3-5-20(16)26/h2-12,14H,13H2,1H3,(H,32,36). The van der Waals surface area contributed by atoms with Crippen molar-refractivity contribution in [2.75, 3.05) is 12.4 Å². The number of carbonyl (C=O) groups is 1. The molecule has 8 nitrogen and oxygen atoms in total. The fourth-order valence-corrected chi connectivity index (χ4v) is 3.94. The number of nitrogens with zero attached hydrogens (tertiary/aromatic N) is 5. The van der Waals surface area contributed by atoms with Crippen LogP contribution in [0.1, 0.15) is 21.6 Å². The molecule has 5 aromatic rings. The van der Waals surface area contributed by atoms with Gasteiger partial charge in [0.2, 0.25) is 0 Å². The van der Waals surface area contributed by atoms with E-state index < -0.39 is 17.8 Å². The Balaban J connectivity index is 1.47. The van der Waals surface area contributed by atoms with Crippen LogP contribution in [-0.2, 0) is 12.7 Å². The Bertz CT molecular complexity index is 1590. The van der Waals surface area contributed by atoms with Crippen LogP contribution >= 0.6 is 11.6 Å². The summed E-state index contributed by atoms with van der Waals surface area (Å²) >= 11 is 6.19. The van der Waals surface area contributed by atoms with E-state index in [-0.39, 0.29) is 16.9 Å². The van der Waals surface area contributed by atoms with Crippen molar-refractivity contribution in [2.24, 2.45) is 0 Å². The molecule has 12 heteroatoms. The molecule has 0 aliphatic heterocycles. The number of carbonyl (C=O) groups excluding carboxylic acids is 1. The molecule has 0 aliphatic rings. The first kappa shape index (κ1) is 24.3. The van der Waals surface area contributed by atoms with Gasteiger partial charge in [-0.05, 0) is 42.0 Å². The van der Waals surface area contributed by atoms with Crippen molar-refractivity contribution in [2.45, 2.75) is 12.7 Å². The van der Waals surface area contributed by atoms with E-state index in [2.05, 4.69) is 20.5 Å². The molecular weight excluding hydrogens is 509 g/mol. The molecule has 2 aromatic carbocycles. The lowest BCUT2D eigenvalue weighted by molar-refractivity contribution is -0.142. The largest absolute Gasteiger partial charge is 0.497 e. The van der Waals surface area contributed by atoms with E-state index in [4.69, 9.17) is 16.3 Å². The average Bonchev–Trinajstić information content (AvgIpc) is 3.51. The third-order valence-corrected chi connectivity index (χ3v) is 5.94. The number of fused-ring (bicyclic) bond motifs is 1. The minimum Gasteiger partial charge on any atom is -0.497 e. The Kier molecular flexibility index (Phi) is 6.30. The third kappa shape index (κ3) is 4.98. The van der Waals surface area contributed by atoms with Crippen LogP contribution in [0.15, 0.2) is 73.2 Å². The van der Waals surface area contributed by atoms with Crippen molar-refractivity contribution < 1.29 is 22.7 Å². The molecule has 0 unspecified atom stereocenters. The average molecular weight is 527 g/mol. The summed E-state index contributed by atoms with van der Waals surface area (Å²) in [6, 6.07) is 14.6. The molecule has 3 aromatic heterocycles. The van der Waals surface area contributed by atoms with Gasteiger partial charge in [0.25, 0.3) is 5.91 Å². The fraction of sp³-hybridized carbons (Fsp3) is 0.120. The molecule has 0 saturated carbocycles. The second-order valence-corrected chi connectivity index (χ2v) is 8.43. The van der Waals surface area contributed by atoms with Gasteiger partial charge in [0.15, 0.2) is 11.3 Å². The summed E-state index contributed by atoms with van der Waals surface area (Å²) in [5, 5.41) is 11.2. The van der Waals surface area contributed by atoms with Crippen LogP contribution in [0.4, 0.5) is 18.9 Å². The van der Waals surface area contributed by atoms with Crippen LogP contribution in [-0.4, -0.2) is 37.4 Å². The molecular formula is C25H18ClF3N6O2. The SMILES string of the molecule is COc1ccc(-c2cc(C(F)(F)F)n3ncc(C(=O)Nc4cnn(Cc5ccccc5Cl)c4)c3n2)cc1. The summed E-state index contributed by atoms with van der Waals surface area (Å²) in [7, 11) is 1.48. The highest BCUT2D eigenvalue weighted by Crippen LogP contribution is 2.33. The van der Waals surface area contributed by atoms with Crippen molar-refractivity contribution in [3.63, 3.8) is 0 Å². The number of rotatable bonds is 6. The molecule has 3 heterocycles. The summed E-state index contributed by atoms with van der Waals surface area (Å²) in [6.45, 7) is 0.369. The lowest BCUT2D eigenvalue weighted by Crippen LogP contribution is -2.15. The van der Waals surface area contributed by atoms with Gasteiger partial charge in [-0.1, -0.05) is 29.8 Å². The molecule has 0 saturated heterocycles. The Labute approximate surface area is 213 Å². The number of anilines is 1. The van der Waals surface area contributed by atoms with Gasteiger partial charge in [0.1, 0.15) is 11.3 Å². The minimum absolute atomic E-state index is 0.0320. The second-order valence-electron chi connectivity index (χ2n) is 8.02. The minimum atomic E-state index is -4.73. The number of aromatic nitrogens is 5. The molecule has 0 fully saturated rings. The van der Waals surface area contributed by atoms with Gasteiger partial charge in [-0.2, -0.15) is 23.4 Å². The highest BCUT2D eigenvalue weighted by Gasteiger charge is 2.36. The highest BCUT2D eigenvalue weighted by molar-refractivity contribution is 6.31. The van der Waals surface area contributed by atoms with E-state index in [1.165, 1.54) is 13.3 Å². The number of hydrogen-bond donors (Lipinski definition) is 1. The van der Waals surface area contributed by atoms with Crippen LogP contribution in [0.25, 0.3) is 16.9 Å². The van der Waals surface area contributed by atoms with E-state index in [9.17, 15) is 18.0 Å². The predicted molar refractivity (Wildman–Crippen MR) is 131 cm³/mol. The molecule has 5 rings (SSSR count). The third-order valence-electron chi connectivity index (χ3n) is 5.57. The summed E-state index contributed by atoms with van der Waals surface area (Å²) in [5.41, 5.74) is 0.213. The number of methoxy groups -OCH3 is 1. The molecule has 1 N–H and O–H groups in total. The normalized spacial score (nSPS) is 11.6. The van der Waals surface area contributed by atoms with Crippen LogP contribution < -0.4 is 10.1 Å². The number of hydrogen-bond acceptors (Lipinski definition) is 5. The van der Waals surface area contributed by atoms with Gasteiger partial charge in [-0.25, -0.2) is 9.50 Å². The molecule has 1 amide bonds. The van der Waals surface area contributed by atoms with Gasteiger partial charge >= 0.3 is 6.18 Å². The lowest BCUT2D eigenvalue weighted by Gasteiger charge is -2.12. The van der Waals surface area contributed by atoms with Gasteiger partial charge in [0, 0.05) is 16.8 Å². The van der Waals surface area contributed by atoms with Crippen molar-refractivity contribution in [1.82, 2.24) is 24.4 Å². The van der Waals surface area contributed by atoms with E-state index in [1.54, 1.807) is 41.2 Å². The number of halogens is 4. The topological polar surface area (TPSA) is 86.3 Å². The maximum Gasteiger partial charge on any atom is 0.433 e. The van der Waals surface area contributed by atoms with Gasteiger partial charge in [-0.3, -0.25) is 9.48 Å². The molecule has 0 radical (unpaired) electrons. The van der Waals surface area contributed by atoms with Crippen LogP contribution in [0.5, 0.6) is 5.75 Å². The number of ether oxygens (including phenoxy) is 1. The Morgan fingerprint density at radius 1 is 1.08 bits per heavy atom. The number of benzene rings is 2.